The molecule has 15 nitrogen and oxygen atoms in total. The summed E-state index contributed by atoms with van der Waals surface area (Å²) in [5, 5.41) is 19.4. The Kier molecular flexibility index (Phi) is 17.2. The number of aliphatic hydroxyl groups excluding tert-OH is 1. The Balaban J connectivity index is 1.38. The number of hydrogen-bond donors (Lipinski definition) is 6. The van der Waals surface area contributed by atoms with Gasteiger partial charge in [0.2, 0.25) is 27.8 Å². The molecule has 0 radical (unpaired) electrons. The van der Waals surface area contributed by atoms with Crippen molar-refractivity contribution in [3.8, 4) is 5.75 Å². The van der Waals surface area contributed by atoms with Crippen molar-refractivity contribution in [2.24, 2.45) is 10.7 Å². The van der Waals surface area contributed by atoms with Crippen molar-refractivity contribution in [3.05, 3.63) is 146 Å². The molecule has 0 fully saturated rings. The number of benzene rings is 4. The van der Waals surface area contributed by atoms with Crippen LogP contribution in [-0.2, 0) is 48.2 Å². The van der Waals surface area contributed by atoms with Crippen molar-refractivity contribution in [3.63, 3.8) is 0 Å². The van der Waals surface area contributed by atoms with E-state index in [1.54, 1.807) is 86.8 Å². The van der Waals surface area contributed by atoms with Crippen molar-refractivity contribution < 1.29 is 36.3 Å². The highest BCUT2D eigenvalue weighted by atomic mass is 32.2. The second-order valence-electron chi connectivity index (χ2n) is 15.7. The molecule has 5 rings (SSSR count). The van der Waals surface area contributed by atoms with Gasteiger partial charge in [-0.25, -0.2) is 31.3 Å². The van der Waals surface area contributed by atoms with Crippen molar-refractivity contribution in [2.45, 2.75) is 95.2 Å². The zero-order chi connectivity index (χ0) is 46.6. The van der Waals surface area contributed by atoms with Crippen molar-refractivity contribution in [2.75, 3.05) is 13.7 Å². The van der Waals surface area contributed by atoms with Gasteiger partial charge >= 0.3 is 0 Å². The number of nitrogens with zero attached hydrogens (tertiary/aromatic N) is 2. The smallest absolute Gasteiger partial charge is 0.264 e. The summed E-state index contributed by atoms with van der Waals surface area (Å²) in [6.45, 7) is 8.94. The van der Waals surface area contributed by atoms with Gasteiger partial charge in [0, 0.05) is 24.5 Å². The van der Waals surface area contributed by atoms with E-state index in [-0.39, 0.29) is 48.8 Å². The molecule has 4 atom stereocenters. The summed E-state index contributed by atoms with van der Waals surface area (Å²) in [6, 6.07) is 21.4. The maximum absolute atomic E-state index is 14.5. The second-order valence-corrected chi connectivity index (χ2v) is 20.0. The van der Waals surface area contributed by atoms with Gasteiger partial charge in [-0.15, -0.1) is 11.3 Å². The normalized spacial score (nSPS) is 14.0. The van der Waals surface area contributed by atoms with Gasteiger partial charge in [0.15, 0.2) is 0 Å². The number of aryl methyl sites for hydroxylation is 3. The van der Waals surface area contributed by atoms with E-state index >= 15 is 0 Å². The van der Waals surface area contributed by atoms with Crippen LogP contribution < -0.4 is 30.5 Å². The van der Waals surface area contributed by atoms with Gasteiger partial charge in [0.1, 0.15) is 28.9 Å². The molecule has 0 saturated heterocycles. The van der Waals surface area contributed by atoms with E-state index in [0.717, 1.165) is 16.7 Å². The summed E-state index contributed by atoms with van der Waals surface area (Å²) in [5.74, 6) is -1.48. The maximum Gasteiger partial charge on any atom is 0.264 e. The zero-order valence-electron chi connectivity index (χ0n) is 36.8. The molecule has 1 aromatic heterocycles. The molecule has 1 unspecified atom stereocenters. The van der Waals surface area contributed by atoms with Crippen LogP contribution in [0.25, 0.3) is 0 Å². The molecule has 0 bridgehead atoms. The molecular formula is C46H57N7O8S3. The first kappa shape index (κ1) is 49.4. The van der Waals surface area contributed by atoms with E-state index in [9.17, 15) is 31.5 Å². The molecule has 342 valence electrons. The number of carbonyl (C=O) groups is 2. The Morgan fingerprint density at radius 1 is 0.812 bits per heavy atom. The van der Waals surface area contributed by atoms with Crippen LogP contribution in [-0.4, -0.2) is 76.5 Å². The fraction of sp³-hybridized carbons (Fsp3) is 0.348. The molecule has 0 aliphatic rings. The molecule has 4 aromatic carbocycles. The largest absolute Gasteiger partial charge is 0.496 e. The van der Waals surface area contributed by atoms with Gasteiger partial charge in [0.25, 0.3) is 10.0 Å². The molecule has 1 heterocycles. The van der Waals surface area contributed by atoms with E-state index in [2.05, 4.69) is 30.1 Å². The van der Waals surface area contributed by atoms with Crippen molar-refractivity contribution >= 4 is 49.2 Å². The monoisotopic (exact) mass is 931 g/mol. The first-order valence-electron chi connectivity index (χ1n) is 20.7. The number of rotatable bonds is 21. The number of sulfonamides is 2. The maximum atomic E-state index is 14.5. The number of nitrogens with two attached hydrogens (primary N) is 1. The summed E-state index contributed by atoms with van der Waals surface area (Å²) < 4.78 is 64.3. The minimum atomic E-state index is -4.12. The van der Waals surface area contributed by atoms with E-state index < -0.39 is 56.1 Å². The van der Waals surface area contributed by atoms with E-state index in [4.69, 9.17) is 10.5 Å². The molecule has 64 heavy (non-hydrogen) atoms. The summed E-state index contributed by atoms with van der Waals surface area (Å²) in [6.07, 6.45) is 0.710. The van der Waals surface area contributed by atoms with Crippen LogP contribution in [0, 0.1) is 34.6 Å². The lowest BCUT2D eigenvalue weighted by atomic mass is 9.95. The Hall–Kier alpha value is -5.66. The molecule has 0 saturated carbocycles. The number of carbonyl (C=O) groups excluding carboxylic acids is 2. The Morgan fingerprint density at radius 2 is 1.44 bits per heavy atom. The van der Waals surface area contributed by atoms with Gasteiger partial charge < -0.3 is 26.2 Å². The number of aromatic nitrogens is 1. The minimum Gasteiger partial charge on any atom is -0.496 e. The second kappa shape index (κ2) is 22.3. The molecule has 7 N–H and O–H groups in total. The summed E-state index contributed by atoms with van der Waals surface area (Å²) in [4.78, 5) is 37.4. The van der Waals surface area contributed by atoms with E-state index in [1.807, 2.05) is 38.1 Å². The summed E-state index contributed by atoms with van der Waals surface area (Å²) >= 11 is 1.20. The number of amides is 2. The average molecular weight is 932 g/mol. The predicted molar refractivity (Wildman–Crippen MR) is 250 cm³/mol. The van der Waals surface area contributed by atoms with Crippen LogP contribution in [0.15, 0.2) is 106 Å². The summed E-state index contributed by atoms with van der Waals surface area (Å²) in [5.41, 5.74) is 11.5. The first-order chi connectivity index (χ1) is 30.4. The minimum absolute atomic E-state index is 0.00255. The number of hydrogen-bond acceptors (Lipinski definition) is 11. The first-order valence-corrected chi connectivity index (χ1v) is 24.7. The van der Waals surface area contributed by atoms with Crippen molar-refractivity contribution in [1.82, 2.24) is 25.1 Å². The van der Waals surface area contributed by atoms with Gasteiger partial charge in [-0.2, -0.15) is 0 Å². The predicted octanol–water partition coefficient (Wildman–Crippen LogP) is 4.74. The molecule has 18 heteroatoms. The number of aliphatic hydroxyl groups is 1. The van der Waals surface area contributed by atoms with Crippen LogP contribution in [0.4, 0.5) is 0 Å². The van der Waals surface area contributed by atoms with Crippen LogP contribution in [0.1, 0.15) is 68.5 Å². The molecule has 2 amide bonds. The van der Waals surface area contributed by atoms with E-state index in [0.29, 0.717) is 38.6 Å². The average Bonchev–Trinajstić information content (AvgIpc) is 3.79. The Morgan fingerprint density at radius 3 is 2.05 bits per heavy atom. The number of ether oxygens (including phenoxy) is 1. The third-order valence-corrected chi connectivity index (χ3v) is 14.7. The molecule has 0 spiro atoms. The Labute approximate surface area is 380 Å². The van der Waals surface area contributed by atoms with E-state index in [1.165, 1.54) is 24.6 Å². The standard InChI is InChI=1S/C46H57N7O8S3/c1-29-15-13-16-30(2)36(29)27-38(51-44(56)39(26-34-17-9-7-10-18-34)52-63(57,58)28-35-19-11-8-12-20-35)43(55)50-37(41(54)45-48-23-24-62-45)21-14-22-49-46(47)53-64(59,60)42-31(3)25-40(61-6)32(4)33(42)5/h7-13,15-20,23-25,37-39,41,52,54H,14,21-22,26-28H2,1-6H3,(H,50,55)(H,51,56)(H3,47,49,53)/t37-,38-,39+,41?/m0/s1. The quantitative estimate of drug-likeness (QED) is 0.0336. The lowest BCUT2D eigenvalue weighted by Crippen LogP contribution is -2.56. The number of aliphatic imine (C=N–C) groups is 1. The van der Waals surface area contributed by atoms with Gasteiger partial charge in [-0.05, 0) is 104 Å². The van der Waals surface area contributed by atoms with Gasteiger partial charge in [-0.1, -0.05) is 78.9 Å². The lowest BCUT2D eigenvalue weighted by molar-refractivity contribution is -0.130. The molecular weight excluding hydrogens is 875 g/mol. The molecule has 0 aliphatic heterocycles. The number of guanidine groups is 1. The zero-order valence-corrected chi connectivity index (χ0v) is 39.2. The molecule has 5 aromatic rings. The highest BCUT2D eigenvalue weighted by Gasteiger charge is 2.33. The third-order valence-electron chi connectivity index (χ3n) is 10.9. The van der Waals surface area contributed by atoms with Crippen LogP contribution in [0.5, 0.6) is 5.75 Å². The fourth-order valence-electron chi connectivity index (χ4n) is 7.47. The fourth-order valence-corrected chi connectivity index (χ4v) is 11.0. The highest BCUT2D eigenvalue weighted by molar-refractivity contribution is 7.90. The Bertz CT molecular complexity index is 2610. The van der Waals surface area contributed by atoms with Crippen LogP contribution >= 0.6 is 11.3 Å². The summed E-state index contributed by atoms with van der Waals surface area (Å²) in [7, 11) is -6.65. The number of methoxy groups -OCH3 is 1. The van der Waals surface area contributed by atoms with Gasteiger partial charge in [-0.3, -0.25) is 14.6 Å². The van der Waals surface area contributed by atoms with Gasteiger partial charge in [0.05, 0.1) is 23.8 Å². The topological polar surface area (TPSA) is 231 Å². The SMILES string of the molecule is COc1cc(C)c(S(=O)(=O)NC(N)=NCCC[C@H](NC(=O)[C@H](Cc2c(C)cccc2C)NC(=O)[C@@H](Cc2ccccc2)NS(=O)(=O)Cc2ccccc2)C(O)c2nccs2)c(C)c1C. The van der Waals surface area contributed by atoms with Crippen LogP contribution in [0.2, 0.25) is 0 Å². The molecule has 0 aliphatic carbocycles. The highest BCUT2D eigenvalue weighted by Crippen LogP contribution is 2.30. The van der Waals surface area contributed by atoms with Crippen LogP contribution in [0.3, 0.4) is 0 Å². The number of nitrogens with one attached hydrogen (secondary N) is 4. The third kappa shape index (κ3) is 13.4. The number of thiazole rings is 1. The van der Waals surface area contributed by atoms with Crippen molar-refractivity contribution in [1.29, 1.82) is 0 Å². The lowest BCUT2D eigenvalue weighted by Gasteiger charge is -2.28.